The molecule has 2 saturated carbocycles. The second-order valence-electron chi connectivity index (χ2n) is 9.39. The van der Waals surface area contributed by atoms with Crippen molar-refractivity contribution in [2.24, 2.45) is 0 Å². The molecule has 1 heterocycles. The van der Waals surface area contributed by atoms with Gasteiger partial charge in [0.15, 0.2) is 0 Å². The summed E-state index contributed by atoms with van der Waals surface area (Å²) in [6.07, 6.45) is 9.06. The van der Waals surface area contributed by atoms with Gasteiger partial charge in [0, 0.05) is 22.8 Å². The Bertz CT molecular complexity index is 871. The van der Waals surface area contributed by atoms with Crippen LogP contribution < -0.4 is 16.0 Å². The number of halogens is 1. The summed E-state index contributed by atoms with van der Waals surface area (Å²) in [5.74, 6) is -0.557. The molecule has 1 aromatic carbocycles. The molecular weight excluding hydrogens is 428 g/mol. The number of nitrogens with zero attached hydrogens (tertiary/aromatic N) is 1. The molecule has 0 spiro atoms. The van der Waals surface area contributed by atoms with Crippen LogP contribution in [0.15, 0.2) is 18.2 Å². The molecule has 4 rings (SSSR count). The van der Waals surface area contributed by atoms with Crippen molar-refractivity contribution in [2.75, 3.05) is 5.32 Å². The third kappa shape index (κ3) is 5.20. The Hall–Kier alpha value is -2.28. The number of carbonyl (C=O) groups is 3. The van der Waals surface area contributed by atoms with Crippen molar-refractivity contribution in [3.63, 3.8) is 0 Å². The fourth-order valence-electron chi connectivity index (χ4n) is 5.29. The smallest absolute Gasteiger partial charge is 0.318 e. The largest absolute Gasteiger partial charge is 0.349 e. The van der Waals surface area contributed by atoms with Crippen LogP contribution in [-0.2, 0) is 9.59 Å². The molecule has 1 aliphatic heterocycles. The Morgan fingerprint density at radius 2 is 1.81 bits per heavy atom. The Morgan fingerprint density at radius 1 is 1.09 bits per heavy atom. The van der Waals surface area contributed by atoms with Crippen LogP contribution in [0.4, 0.5) is 10.5 Å². The first-order valence-electron chi connectivity index (χ1n) is 11.9. The zero-order valence-electron chi connectivity index (χ0n) is 18.7. The molecule has 2 aliphatic carbocycles. The molecule has 174 valence electrons. The van der Waals surface area contributed by atoms with Crippen molar-refractivity contribution in [1.82, 2.24) is 15.5 Å². The lowest BCUT2D eigenvalue weighted by molar-refractivity contribution is -0.135. The maximum absolute atomic E-state index is 13.4. The molecule has 3 atom stereocenters. The van der Waals surface area contributed by atoms with Gasteiger partial charge in [-0.05, 0) is 50.3 Å². The van der Waals surface area contributed by atoms with E-state index in [-0.39, 0.29) is 42.4 Å². The van der Waals surface area contributed by atoms with E-state index in [1.807, 2.05) is 13.0 Å². The molecule has 3 N–H and O–H groups in total. The molecule has 3 aliphatic rings. The highest BCUT2D eigenvalue weighted by Crippen LogP contribution is 2.30. The van der Waals surface area contributed by atoms with Crippen LogP contribution in [0, 0.1) is 6.92 Å². The number of carbonyl (C=O) groups excluding carboxylic acids is 3. The second kappa shape index (κ2) is 10.1. The van der Waals surface area contributed by atoms with Gasteiger partial charge in [-0.25, -0.2) is 4.79 Å². The van der Waals surface area contributed by atoms with Gasteiger partial charge in [0.05, 0.1) is 12.5 Å². The van der Waals surface area contributed by atoms with Gasteiger partial charge in [-0.3, -0.25) is 9.59 Å². The van der Waals surface area contributed by atoms with Crippen molar-refractivity contribution in [1.29, 1.82) is 0 Å². The van der Waals surface area contributed by atoms with E-state index in [4.69, 9.17) is 11.6 Å². The van der Waals surface area contributed by atoms with Gasteiger partial charge in [0.25, 0.3) is 0 Å². The summed E-state index contributed by atoms with van der Waals surface area (Å²) in [6.45, 7) is 1.89. The maximum atomic E-state index is 13.4. The van der Waals surface area contributed by atoms with Gasteiger partial charge in [-0.2, -0.15) is 0 Å². The van der Waals surface area contributed by atoms with Crippen molar-refractivity contribution < 1.29 is 14.4 Å². The first-order chi connectivity index (χ1) is 15.4. The normalized spacial score (nSPS) is 26.1. The third-order valence-corrected chi connectivity index (χ3v) is 7.46. The lowest BCUT2D eigenvalue weighted by atomic mass is 9.85. The summed E-state index contributed by atoms with van der Waals surface area (Å²) in [6, 6.07) is 4.32. The molecule has 3 unspecified atom stereocenters. The van der Waals surface area contributed by atoms with Crippen molar-refractivity contribution >= 4 is 35.1 Å². The SMILES string of the molecule is Cc1ccc(NC(=O)CC2C(=O)NC3CCCCC3N2C(=O)NC2CCCCC2)cc1Cl. The molecule has 4 amide bonds. The number of nitrogens with one attached hydrogen (secondary N) is 3. The molecule has 0 radical (unpaired) electrons. The Morgan fingerprint density at radius 3 is 2.56 bits per heavy atom. The molecule has 1 saturated heterocycles. The van der Waals surface area contributed by atoms with E-state index >= 15 is 0 Å². The quantitative estimate of drug-likeness (QED) is 0.630. The predicted molar refractivity (Wildman–Crippen MR) is 125 cm³/mol. The Balaban J connectivity index is 1.50. The van der Waals surface area contributed by atoms with E-state index in [1.165, 1.54) is 6.42 Å². The minimum atomic E-state index is -0.820. The van der Waals surface area contributed by atoms with E-state index in [9.17, 15) is 14.4 Å². The van der Waals surface area contributed by atoms with Gasteiger partial charge in [-0.1, -0.05) is 49.8 Å². The Kier molecular flexibility index (Phi) is 7.23. The zero-order valence-corrected chi connectivity index (χ0v) is 19.4. The van der Waals surface area contributed by atoms with Gasteiger partial charge >= 0.3 is 6.03 Å². The molecule has 32 heavy (non-hydrogen) atoms. The molecule has 7 nitrogen and oxygen atoms in total. The lowest BCUT2D eigenvalue weighted by Gasteiger charge is -2.48. The van der Waals surface area contributed by atoms with Crippen LogP contribution in [0.2, 0.25) is 5.02 Å². The van der Waals surface area contributed by atoms with E-state index < -0.39 is 6.04 Å². The van der Waals surface area contributed by atoms with E-state index in [2.05, 4.69) is 16.0 Å². The summed E-state index contributed by atoms with van der Waals surface area (Å²) in [7, 11) is 0. The van der Waals surface area contributed by atoms with Crippen molar-refractivity contribution in [2.45, 2.75) is 95.3 Å². The number of hydrogen-bond acceptors (Lipinski definition) is 3. The van der Waals surface area contributed by atoms with Crippen LogP contribution in [0.1, 0.15) is 69.8 Å². The number of piperazine rings is 1. The standard InChI is InChI=1S/C24H33ClN4O3/c1-15-11-12-17(13-18(15)25)26-22(30)14-21-23(31)28-19-9-5-6-10-20(19)29(21)24(32)27-16-7-3-2-4-8-16/h11-13,16,19-21H,2-10,14H2,1H3,(H,26,30)(H,27,32)(H,28,31). The number of benzene rings is 1. The van der Waals surface area contributed by atoms with Gasteiger partial charge in [0.1, 0.15) is 6.04 Å². The van der Waals surface area contributed by atoms with Crippen LogP contribution in [0.3, 0.4) is 0 Å². The van der Waals surface area contributed by atoms with Crippen LogP contribution in [-0.4, -0.2) is 46.9 Å². The van der Waals surface area contributed by atoms with Crippen molar-refractivity contribution in [3.05, 3.63) is 28.8 Å². The average molecular weight is 461 g/mol. The first-order valence-corrected chi connectivity index (χ1v) is 12.3. The first kappa shape index (κ1) is 22.9. The van der Waals surface area contributed by atoms with Crippen LogP contribution >= 0.6 is 11.6 Å². The minimum Gasteiger partial charge on any atom is -0.349 e. The highest BCUT2D eigenvalue weighted by Gasteiger charge is 2.46. The lowest BCUT2D eigenvalue weighted by Crippen LogP contribution is -2.69. The number of hydrogen-bond donors (Lipinski definition) is 3. The van der Waals surface area contributed by atoms with E-state index in [1.54, 1.807) is 17.0 Å². The molecule has 0 aromatic heterocycles. The van der Waals surface area contributed by atoms with Gasteiger partial charge < -0.3 is 20.9 Å². The average Bonchev–Trinajstić information content (AvgIpc) is 2.77. The third-order valence-electron chi connectivity index (χ3n) is 7.05. The fraction of sp³-hybridized carbons (Fsp3) is 0.625. The van der Waals surface area contributed by atoms with Crippen LogP contribution in [0.5, 0.6) is 0 Å². The summed E-state index contributed by atoms with van der Waals surface area (Å²) in [4.78, 5) is 40.9. The van der Waals surface area contributed by atoms with Gasteiger partial charge in [-0.15, -0.1) is 0 Å². The zero-order chi connectivity index (χ0) is 22.7. The second-order valence-corrected chi connectivity index (χ2v) is 9.80. The highest BCUT2D eigenvalue weighted by atomic mass is 35.5. The molecule has 8 heteroatoms. The Labute approximate surface area is 194 Å². The summed E-state index contributed by atoms with van der Waals surface area (Å²) < 4.78 is 0. The predicted octanol–water partition coefficient (Wildman–Crippen LogP) is 4.13. The topological polar surface area (TPSA) is 90.5 Å². The van der Waals surface area contributed by atoms with Gasteiger partial charge in [0.2, 0.25) is 11.8 Å². The number of amides is 4. The number of urea groups is 1. The number of anilines is 1. The van der Waals surface area contributed by atoms with Crippen LogP contribution in [0.25, 0.3) is 0 Å². The van der Waals surface area contributed by atoms with E-state index in [0.29, 0.717) is 10.7 Å². The summed E-state index contributed by atoms with van der Waals surface area (Å²) in [5.41, 5.74) is 1.50. The molecule has 3 fully saturated rings. The number of aryl methyl sites for hydroxylation is 1. The summed E-state index contributed by atoms with van der Waals surface area (Å²) >= 11 is 6.17. The van der Waals surface area contributed by atoms with Crippen molar-refractivity contribution in [3.8, 4) is 0 Å². The minimum absolute atomic E-state index is 0.0384. The summed E-state index contributed by atoms with van der Waals surface area (Å²) in [5, 5.41) is 9.64. The number of fused-ring (bicyclic) bond motifs is 1. The monoisotopic (exact) mass is 460 g/mol. The molecular formula is C24H33ClN4O3. The fourth-order valence-corrected chi connectivity index (χ4v) is 5.47. The van der Waals surface area contributed by atoms with E-state index in [0.717, 1.165) is 56.9 Å². The molecule has 0 bridgehead atoms. The maximum Gasteiger partial charge on any atom is 0.318 e. The molecule has 1 aromatic rings. The highest BCUT2D eigenvalue weighted by molar-refractivity contribution is 6.31. The number of rotatable bonds is 4.